The van der Waals surface area contributed by atoms with E-state index in [2.05, 4.69) is 15.9 Å². The summed E-state index contributed by atoms with van der Waals surface area (Å²) in [6.45, 7) is 5.68. The zero-order valence-corrected chi connectivity index (χ0v) is 17.8. The van der Waals surface area contributed by atoms with Crippen LogP contribution in [0, 0.1) is 0 Å². The van der Waals surface area contributed by atoms with Crippen molar-refractivity contribution in [2.45, 2.75) is 70.2 Å². The van der Waals surface area contributed by atoms with Gasteiger partial charge in [0.05, 0.1) is 0 Å². The highest BCUT2D eigenvalue weighted by molar-refractivity contribution is 9.10. The van der Waals surface area contributed by atoms with Crippen LogP contribution in [0.2, 0.25) is 0 Å². The zero-order chi connectivity index (χ0) is 20.1. The quantitative estimate of drug-likeness (QED) is 0.611. The second kappa shape index (κ2) is 7.10. The Morgan fingerprint density at radius 3 is 2.50 bits per heavy atom. The number of benzene rings is 1. The molecule has 28 heavy (non-hydrogen) atoms. The molecule has 0 radical (unpaired) electrons. The van der Waals surface area contributed by atoms with Crippen molar-refractivity contribution in [2.24, 2.45) is 0 Å². The summed E-state index contributed by atoms with van der Waals surface area (Å²) in [5.74, 6) is 0.739. The third kappa shape index (κ3) is 3.90. The smallest absolute Gasteiger partial charge is 0.410 e. The van der Waals surface area contributed by atoms with Crippen molar-refractivity contribution in [1.29, 1.82) is 0 Å². The molecule has 2 aliphatic heterocycles. The van der Waals surface area contributed by atoms with Gasteiger partial charge < -0.3 is 18.8 Å². The van der Waals surface area contributed by atoms with Gasteiger partial charge in [-0.1, -0.05) is 0 Å². The van der Waals surface area contributed by atoms with Gasteiger partial charge in [0.2, 0.25) is 0 Å². The molecule has 2 atom stereocenters. The first-order chi connectivity index (χ1) is 13.2. The van der Waals surface area contributed by atoms with Crippen molar-refractivity contribution < 1.29 is 18.7 Å². The molecule has 7 heteroatoms. The van der Waals surface area contributed by atoms with Gasteiger partial charge in [-0.2, -0.15) is 0 Å². The molecule has 2 fully saturated rings. The van der Waals surface area contributed by atoms with Crippen LogP contribution in [0.15, 0.2) is 37.9 Å². The normalized spacial score (nSPS) is 24.4. The Morgan fingerprint density at radius 1 is 1.18 bits per heavy atom. The van der Waals surface area contributed by atoms with E-state index >= 15 is 0 Å². The molecule has 0 aliphatic carbocycles. The molecule has 2 aromatic rings. The minimum absolute atomic E-state index is 0.0489. The van der Waals surface area contributed by atoms with Gasteiger partial charge in [0, 0.05) is 30.3 Å². The van der Waals surface area contributed by atoms with Gasteiger partial charge in [0.25, 0.3) is 0 Å². The van der Waals surface area contributed by atoms with Crippen LogP contribution in [0.25, 0.3) is 11.0 Å². The van der Waals surface area contributed by atoms with E-state index in [1.165, 1.54) is 0 Å². The van der Waals surface area contributed by atoms with Crippen LogP contribution in [0.3, 0.4) is 0 Å². The van der Waals surface area contributed by atoms with Crippen molar-refractivity contribution in [3.8, 4) is 5.75 Å². The zero-order valence-electron chi connectivity index (χ0n) is 16.2. The molecule has 1 amide bonds. The van der Waals surface area contributed by atoms with Crippen molar-refractivity contribution in [3.05, 3.63) is 39.2 Å². The number of ether oxygens (including phenoxy) is 2. The van der Waals surface area contributed by atoms with Gasteiger partial charge in [-0.3, -0.25) is 0 Å². The first-order valence-electron chi connectivity index (χ1n) is 9.61. The molecule has 2 saturated heterocycles. The fraction of sp³-hybridized carbons (Fsp3) is 0.524. The van der Waals surface area contributed by atoms with E-state index in [0.29, 0.717) is 10.1 Å². The number of nitrogens with zero attached hydrogens (tertiary/aromatic N) is 1. The summed E-state index contributed by atoms with van der Waals surface area (Å²) in [6.07, 6.45) is 3.39. The van der Waals surface area contributed by atoms with Gasteiger partial charge in [-0.25, -0.2) is 9.59 Å². The fourth-order valence-electron chi connectivity index (χ4n) is 4.18. The van der Waals surface area contributed by atoms with Gasteiger partial charge in [0.1, 0.15) is 27.5 Å². The Kier molecular flexibility index (Phi) is 4.89. The lowest BCUT2D eigenvalue weighted by atomic mass is 10.00. The van der Waals surface area contributed by atoms with E-state index in [1.807, 2.05) is 37.8 Å². The number of piperidine rings is 1. The molecule has 2 unspecified atom stereocenters. The predicted molar refractivity (Wildman–Crippen MR) is 109 cm³/mol. The first-order valence-corrected chi connectivity index (χ1v) is 10.4. The Labute approximate surface area is 171 Å². The molecule has 4 rings (SSSR count). The number of hydrogen-bond acceptors (Lipinski definition) is 5. The lowest BCUT2D eigenvalue weighted by Gasteiger charge is -2.39. The van der Waals surface area contributed by atoms with Crippen molar-refractivity contribution in [3.63, 3.8) is 0 Å². The minimum atomic E-state index is -0.488. The van der Waals surface area contributed by atoms with Gasteiger partial charge in [0.15, 0.2) is 0 Å². The molecule has 1 aromatic carbocycles. The highest BCUT2D eigenvalue weighted by Gasteiger charge is 2.45. The molecule has 6 nitrogen and oxygen atoms in total. The number of carbonyl (C=O) groups is 1. The van der Waals surface area contributed by atoms with Crippen LogP contribution >= 0.6 is 15.9 Å². The predicted octanol–water partition coefficient (Wildman–Crippen LogP) is 4.86. The number of halogens is 1. The summed E-state index contributed by atoms with van der Waals surface area (Å²) in [5, 5.41) is 0.804. The molecule has 0 N–H and O–H groups in total. The summed E-state index contributed by atoms with van der Waals surface area (Å²) in [5.41, 5.74) is -0.356. The Morgan fingerprint density at radius 2 is 1.86 bits per heavy atom. The summed E-state index contributed by atoms with van der Waals surface area (Å²) in [4.78, 5) is 26.1. The highest BCUT2D eigenvalue weighted by atomic mass is 79.9. The van der Waals surface area contributed by atoms with Gasteiger partial charge >= 0.3 is 11.7 Å². The molecular formula is C21H24BrNO5. The maximum Gasteiger partial charge on any atom is 0.410 e. The van der Waals surface area contributed by atoms with E-state index in [4.69, 9.17) is 13.9 Å². The number of rotatable bonds is 2. The van der Waals surface area contributed by atoms with Crippen LogP contribution in [-0.4, -0.2) is 34.8 Å². The van der Waals surface area contributed by atoms with Gasteiger partial charge in [-0.05, 0) is 73.8 Å². The van der Waals surface area contributed by atoms with Crippen molar-refractivity contribution in [1.82, 2.24) is 4.90 Å². The monoisotopic (exact) mass is 449 g/mol. The summed E-state index contributed by atoms with van der Waals surface area (Å²) in [6, 6.07) is 7.51. The van der Waals surface area contributed by atoms with Crippen LogP contribution in [-0.2, 0) is 4.74 Å². The molecule has 0 spiro atoms. The number of amides is 1. The molecule has 3 heterocycles. The summed E-state index contributed by atoms with van der Waals surface area (Å²) in [7, 11) is 0. The molecule has 0 saturated carbocycles. The molecule has 2 bridgehead atoms. The fourth-order valence-corrected chi connectivity index (χ4v) is 4.51. The topological polar surface area (TPSA) is 69.0 Å². The lowest BCUT2D eigenvalue weighted by molar-refractivity contribution is -0.00705. The maximum atomic E-state index is 12.6. The average molecular weight is 450 g/mol. The first kappa shape index (κ1) is 19.3. The second-order valence-electron chi connectivity index (χ2n) is 8.57. The van der Waals surface area contributed by atoms with Crippen LogP contribution in [0.5, 0.6) is 5.75 Å². The third-order valence-corrected chi connectivity index (χ3v) is 5.81. The Bertz CT molecular complexity index is 949. The van der Waals surface area contributed by atoms with Crippen LogP contribution < -0.4 is 10.4 Å². The van der Waals surface area contributed by atoms with E-state index in [-0.39, 0.29) is 24.3 Å². The summed E-state index contributed by atoms with van der Waals surface area (Å²) >= 11 is 3.21. The van der Waals surface area contributed by atoms with E-state index in [9.17, 15) is 9.59 Å². The van der Waals surface area contributed by atoms with Crippen LogP contribution in [0.4, 0.5) is 4.79 Å². The standard InChI is InChI=1S/C21H24BrNO5/c1-21(2,3)28-20(25)23-13-4-5-14(23)11-16(10-13)26-15-6-7-18-12(8-15)9-17(22)19(24)27-18/h6-9,13-14,16H,4-5,10-11H2,1-3H3. The van der Waals surface area contributed by atoms with Crippen molar-refractivity contribution in [2.75, 3.05) is 0 Å². The SMILES string of the molecule is CC(C)(C)OC(=O)N1C2CCC1CC(Oc1ccc3oc(=O)c(Br)cc3c1)C2. The summed E-state index contributed by atoms with van der Waals surface area (Å²) < 4.78 is 17.5. The van der Waals surface area contributed by atoms with E-state index < -0.39 is 11.2 Å². The van der Waals surface area contributed by atoms with Gasteiger partial charge in [-0.15, -0.1) is 0 Å². The lowest BCUT2D eigenvalue weighted by Crippen LogP contribution is -2.50. The third-order valence-electron chi connectivity index (χ3n) is 5.26. The Hall–Kier alpha value is -2.02. The van der Waals surface area contributed by atoms with Crippen molar-refractivity contribution >= 4 is 33.0 Å². The molecule has 2 aliphatic rings. The largest absolute Gasteiger partial charge is 0.490 e. The molecule has 1 aromatic heterocycles. The molecular weight excluding hydrogens is 426 g/mol. The molecule has 150 valence electrons. The highest BCUT2D eigenvalue weighted by Crippen LogP contribution is 2.38. The minimum Gasteiger partial charge on any atom is -0.490 e. The van der Waals surface area contributed by atoms with Crippen LogP contribution in [0.1, 0.15) is 46.5 Å². The Balaban J connectivity index is 1.47. The number of fused-ring (bicyclic) bond motifs is 3. The second-order valence-corrected chi connectivity index (χ2v) is 9.42. The van der Waals surface area contributed by atoms with E-state index in [1.54, 1.807) is 12.1 Å². The maximum absolute atomic E-state index is 12.6. The number of hydrogen-bond donors (Lipinski definition) is 0. The van der Waals surface area contributed by atoms with E-state index in [0.717, 1.165) is 36.8 Å². The average Bonchev–Trinajstić information content (AvgIpc) is 2.86. The number of carbonyl (C=O) groups excluding carboxylic acids is 1.